The molecule has 1 atom stereocenters. The van der Waals surface area contributed by atoms with Crippen LogP contribution in [0.1, 0.15) is 0 Å². The van der Waals surface area contributed by atoms with Crippen molar-refractivity contribution in [2.75, 3.05) is 0 Å². The predicted molar refractivity (Wildman–Crippen MR) is 31.9 cm³/mol. The first-order chi connectivity index (χ1) is 5.95. The maximum absolute atomic E-state index is 12.3. The van der Waals surface area contributed by atoms with Crippen molar-refractivity contribution < 1.29 is 45.2 Å². The highest BCUT2D eigenvalue weighted by atomic mass is 32.5. The van der Waals surface area contributed by atoms with E-state index in [0.29, 0.717) is 0 Å². The number of hydrogen-bond acceptors (Lipinski definition) is 3. The van der Waals surface area contributed by atoms with Crippen LogP contribution in [0.3, 0.4) is 0 Å². The Morgan fingerprint density at radius 2 is 1.27 bits per heavy atom. The van der Waals surface area contributed by atoms with Crippen LogP contribution in [0.4, 0.5) is 32.6 Å². The fourth-order valence-electron chi connectivity index (χ4n) is 0.646. The lowest BCUT2D eigenvalue weighted by atomic mass is 10.7. The molecule has 0 saturated carbocycles. The average molecular weight is 288 g/mol. The van der Waals surface area contributed by atoms with E-state index in [1.54, 1.807) is 0 Å². The van der Waals surface area contributed by atoms with Crippen molar-refractivity contribution in [3.8, 4) is 0 Å². The van der Waals surface area contributed by atoms with E-state index in [4.69, 9.17) is 0 Å². The van der Waals surface area contributed by atoms with Crippen LogP contribution in [0.5, 0.6) is 0 Å². The first kappa shape index (κ1) is 12.8. The van der Waals surface area contributed by atoms with Crippen LogP contribution in [0.15, 0.2) is 0 Å². The second-order valence-electron chi connectivity index (χ2n) is 2.56. The molecule has 0 amide bonds. The predicted octanol–water partition coefficient (Wildman–Crippen LogP) is 2.86. The molecule has 13 heteroatoms. The second kappa shape index (κ2) is 1.95. The summed E-state index contributed by atoms with van der Waals surface area (Å²) in [5.74, 6) is 0. The zero-order chi connectivity index (χ0) is 12.6. The van der Waals surface area contributed by atoms with Gasteiger partial charge in [0.25, 0.3) is 0 Å². The molecule has 1 saturated heterocycles. The molecule has 0 aromatic rings. The molecule has 0 radical (unpaired) electrons. The average Bonchev–Trinajstić information content (AvgIpc) is 1.79. The van der Waals surface area contributed by atoms with Gasteiger partial charge in [-0.05, 0) is 0 Å². The SMILES string of the molecule is O=S1(=O)OC(F)(S(F)(F)(F)(F)F)C1(F)F. The van der Waals surface area contributed by atoms with Crippen LogP contribution in [0.2, 0.25) is 0 Å². The molecule has 1 aliphatic rings. The van der Waals surface area contributed by atoms with Gasteiger partial charge < -0.3 is 0 Å². The minimum absolute atomic E-state index is 2.03. The molecule has 1 rings (SSSR count). The fourth-order valence-corrected chi connectivity index (χ4v) is 3.37. The third kappa shape index (κ3) is 1.25. The maximum Gasteiger partial charge on any atom is 0.448 e. The zero-order valence-electron chi connectivity index (χ0n) is 6.06. The van der Waals surface area contributed by atoms with Crippen LogP contribution in [-0.2, 0) is 14.3 Å². The number of alkyl halides is 3. The van der Waals surface area contributed by atoms with E-state index in [2.05, 4.69) is 0 Å². The number of hydrogen-bond donors (Lipinski definition) is 0. The summed E-state index contributed by atoms with van der Waals surface area (Å²) in [5.41, 5.74) is 0. The Hall–Kier alpha value is -0.300. The summed E-state index contributed by atoms with van der Waals surface area (Å²) in [5, 5.41) is -13.1. The van der Waals surface area contributed by atoms with Crippen LogP contribution in [-0.4, -0.2) is 18.9 Å². The molecule has 1 unspecified atom stereocenters. The maximum atomic E-state index is 12.3. The Kier molecular flexibility index (Phi) is 1.66. The van der Waals surface area contributed by atoms with Crippen molar-refractivity contribution in [1.29, 1.82) is 0 Å². The van der Waals surface area contributed by atoms with Gasteiger partial charge in [0, 0.05) is 0 Å². The Labute approximate surface area is 76.8 Å². The Morgan fingerprint density at radius 1 is 0.933 bits per heavy atom. The Balaban J connectivity index is 3.48. The molecule has 0 aromatic heterocycles. The molecular formula is C2F8O3S2. The third-order valence-electron chi connectivity index (χ3n) is 1.37. The van der Waals surface area contributed by atoms with E-state index in [1.807, 2.05) is 4.18 Å². The smallest absolute Gasteiger partial charge is 0.201 e. The summed E-state index contributed by atoms with van der Waals surface area (Å²) in [6.07, 6.45) is 0. The summed E-state index contributed by atoms with van der Waals surface area (Å²) in [6, 6.07) is 0. The second-order valence-corrected chi connectivity index (χ2v) is 6.61. The van der Waals surface area contributed by atoms with Crippen molar-refractivity contribution in [2.24, 2.45) is 0 Å². The first-order valence-corrected chi connectivity index (χ1v) is 6.06. The quantitative estimate of drug-likeness (QED) is 0.550. The summed E-state index contributed by atoms with van der Waals surface area (Å²) in [4.78, 5) is 0. The highest BCUT2D eigenvalue weighted by molar-refractivity contribution is 8.47. The molecule has 1 aliphatic heterocycles. The number of rotatable bonds is 1. The van der Waals surface area contributed by atoms with Gasteiger partial charge in [-0.3, -0.25) is 0 Å². The van der Waals surface area contributed by atoms with Gasteiger partial charge in [0.2, 0.25) is 0 Å². The lowest BCUT2D eigenvalue weighted by molar-refractivity contribution is -0.202. The van der Waals surface area contributed by atoms with Crippen molar-refractivity contribution in [2.45, 2.75) is 10.4 Å². The minimum Gasteiger partial charge on any atom is -0.201 e. The van der Waals surface area contributed by atoms with Gasteiger partial charge in [-0.15, -0.1) is 0 Å². The van der Waals surface area contributed by atoms with Crippen molar-refractivity contribution in [1.82, 2.24) is 0 Å². The van der Waals surface area contributed by atoms with Gasteiger partial charge in [0.15, 0.2) is 0 Å². The van der Waals surface area contributed by atoms with E-state index in [9.17, 15) is 41.0 Å². The molecule has 0 aliphatic carbocycles. The first-order valence-electron chi connectivity index (χ1n) is 2.70. The van der Waals surface area contributed by atoms with Gasteiger partial charge in [-0.25, -0.2) is 4.18 Å². The molecule has 0 aromatic carbocycles. The topological polar surface area (TPSA) is 43.4 Å². The van der Waals surface area contributed by atoms with Gasteiger partial charge >= 0.3 is 30.8 Å². The monoisotopic (exact) mass is 288 g/mol. The molecule has 3 nitrogen and oxygen atoms in total. The van der Waals surface area contributed by atoms with E-state index in [1.165, 1.54) is 0 Å². The summed E-state index contributed by atoms with van der Waals surface area (Å²) in [6.45, 7) is 0. The van der Waals surface area contributed by atoms with Crippen LogP contribution in [0, 0.1) is 0 Å². The lowest BCUT2D eigenvalue weighted by Gasteiger charge is -2.54. The van der Waals surface area contributed by atoms with E-state index in [0.717, 1.165) is 0 Å². The Bertz CT molecular complexity index is 418. The highest BCUT2D eigenvalue weighted by Gasteiger charge is 3.01. The molecular weight excluding hydrogens is 288 g/mol. The van der Waals surface area contributed by atoms with Gasteiger partial charge in [0.05, 0.1) is 0 Å². The van der Waals surface area contributed by atoms with Crippen molar-refractivity contribution in [3.63, 3.8) is 0 Å². The van der Waals surface area contributed by atoms with Crippen LogP contribution in [0.25, 0.3) is 0 Å². The van der Waals surface area contributed by atoms with E-state index < -0.39 is 30.8 Å². The van der Waals surface area contributed by atoms with Gasteiger partial charge in [0.1, 0.15) is 0 Å². The van der Waals surface area contributed by atoms with Gasteiger partial charge in [-0.2, -0.15) is 21.6 Å². The minimum atomic E-state index is -11.5. The summed E-state index contributed by atoms with van der Waals surface area (Å²) in [7, 11) is -17.8. The Morgan fingerprint density at radius 3 is 1.33 bits per heavy atom. The van der Waals surface area contributed by atoms with Crippen molar-refractivity contribution in [3.05, 3.63) is 0 Å². The largest absolute Gasteiger partial charge is 0.448 e. The molecule has 0 N–H and O–H groups in total. The standard InChI is InChI=1S/C2F8O3S2/c3-1(4)2(5,13-14(1,11)12)15(6,7,8,9)10. The lowest BCUT2D eigenvalue weighted by Crippen LogP contribution is -2.68. The van der Waals surface area contributed by atoms with Crippen molar-refractivity contribution >= 4 is 20.3 Å². The fraction of sp³-hybridized carbons (Fsp3) is 1.00. The number of halogens is 8. The van der Waals surface area contributed by atoms with Crippen LogP contribution < -0.4 is 0 Å². The van der Waals surface area contributed by atoms with Crippen LogP contribution >= 0.6 is 10.2 Å². The summed E-state index contributed by atoms with van der Waals surface area (Å²) >= 11 is 0. The van der Waals surface area contributed by atoms with Gasteiger partial charge in [-0.1, -0.05) is 19.4 Å². The van der Waals surface area contributed by atoms with E-state index >= 15 is 0 Å². The molecule has 0 bridgehead atoms. The molecule has 0 spiro atoms. The molecule has 15 heavy (non-hydrogen) atoms. The molecule has 1 fully saturated rings. The molecule has 94 valence electrons. The molecule has 1 heterocycles. The normalized spacial score (nSPS) is 38.7. The highest BCUT2D eigenvalue weighted by Crippen LogP contribution is 3.07. The zero-order valence-corrected chi connectivity index (χ0v) is 7.70. The van der Waals surface area contributed by atoms with E-state index in [-0.39, 0.29) is 0 Å². The third-order valence-corrected chi connectivity index (χ3v) is 4.28. The summed E-state index contributed by atoms with van der Waals surface area (Å²) < 4.78 is 116.